The number of ether oxygens (including phenoxy) is 2. The van der Waals surface area contributed by atoms with Crippen molar-refractivity contribution in [2.75, 3.05) is 25.0 Å². The van der Waals surface area contributed by atoms with Gasteiger partial charge in [0, 0.05) is 37.5 Å². The topological polar surface area (TPSA) is 71.0 Å². The lowest BCUT2D eigenvalue weighted by Gasteiger charge is -2.41. The Labute approximate surface area is 172 Å². The normalized spacial score (nSPS) is 19.6. The zero-order valence-corrected chi connectivity index (χ0v) is 17.5. The molecule has 0 aliphatic carbocycles. The maximum absolute atomic E-state index is 12.4. The van der Waals surface area contributed by atoms with Crippen LogP contribution in [0.5, 0.6) is 5.75 Å². The number of alkyl carbamates (subject to hydrolysis) is 1. The summed E-state index contributed by atoms with van der Waals surface area (Å²) in [4.78, 5) is 14.5. The van der Waals surface area contributed by atoms with Crippen LogP contribution in [0.2, 0.25) is 0 Å². The second-order valence-corrected chi connectivity index (χ2v) is 7.87. The number of carbonyl (C=O) groups excluding carboxylic acids is 1. The summed E-state index contributed by atoms with van der Waals surface area (Å²) in [5.74, 6) is 0.625. The molecule has 1 amide bonds. The van der Waals surface area contributed by atoms with Gasteiger partial charge in [-0.1, -0.05) is 30.3 Å². The number of amides is 1. The third-order valence-electron chi connectivity index (χ3n) is 5.35. The fourth-order valence-corrected chi connectivity index (χ4v) is 3.38. The highest BCUT2D eigenvalue weighted by atomic mass is 16.6. The summed E-state index contributed by atoms with van der Waals surface area (Å²) in [6, 6.07) is 15.6. The van der Waals surface area contributed by atoms with Gasteiger partial charge in [0.25, 0.3) is 0 Å². The molecule has 1 aliphatic heterocycles. The standard InChI is InChI=1S/C23H30N2O4/c1-5-25(4)17-11-12-18-19(15-17)29-23(2,3)21(26)20(18)28-22(27)24-14-13-16-9-7-6-8-10-16/h6-12,15,20-21,26H,5,13-14H2,1-4H3,(H,24,27)/t20-,21+/m0/s1. The molecule has 2 aromatic carbocycles. The van der Waals surface area contributed by atoms with Gasteiger partial charge >= 0.3 is 6.09 Å². The Balaban J connectivity index is 1.71. The van der Waals surface area contributed by atoms with E-state index in [0.717, 1.165) is 17.8 Å². The van der Waals surface area contributed by atoms with Crippen LogP contribution in [0.25, 0.3) is 0 Å². The molecule has 156 valence electrons. The van der Waals surface area contributed by atoms with Gasteiger partial charge in [-0.3, -0.25) is 0 Å². The van der Waals surface area contributed by atoms with E-state index in [1.807, 2.05) is 55.6 Å². The lowest BCUT2D eigenvalue weighted by molar-refractivity contribution is -0.113. The molecule has 3 rings (SSSR count). The summed E-state index contributed by atoms with van der Waals surface area (Å²) in [5, 5.41) is 13.6. The molecule has 6 heteroatoms. The van der Waals surface area contributed by atoms with E-state index in [-0.39, 0.29) is 0 Å². The first-order valence-electron chi connectivity index (χ1n) is 10.0. The van der Waals surface area contributed by atoms with Crippen LogP contribution < -0.4 is 15.0 Å². The number of benzene rings is 2. The number of hydrogen-bond donors (Lipinski definition) is 2. The Hall–Kier alpha value is -2.73. The third kappa shape index (κ3) is 4.82. The monoisotopic (exact) mass is 398 g/mol. The van der Waals surface area contributed by atoms with Crippen molar-refractivity contribution >= 4 is 11.8 Å². The van der Waals surface area contributed by atoms with Crippen LogP contribution >= 0.6 is 0 Å². The molecule has 0 unspecified atom stereocenters. The molecule has 0 saturated heterocycles. The summed E-state index contributed by atoms with van der Waals surface area (Å²) in [6.45, 7) is 6.97. The van der Waals surface area contributed by atoms with E-state index >= 15 is 0 Å². The molecule has 0 bridgehead atoms. The molecule has 0 fully saturated rings. The van der Waals surface area contributed by atoms with Gasteiger partial charge in [0.1, 0.15) is 17.5 Å². The van der Waals surface area contributed by atoms with Crippen molar-refractivity contribution in [3.05, 3.63) is 59.7 Å². The first kappa shape index (κ1) is 21.0. The third-order valence-corrected chi connectivity index (χ3v) is 5.35. The number of aliphatic hydroxyl groups excluding tert-OH is 1. The second kappa shape index (κ2) is 8.74. The van der Waals surface area contributed by atoms with Crippen molar-refractivity contribution in [2.45, 2.75) is 45.0 Å². The first-order chi connectivity index (χ1) is 13.8. The highest BCUT2D eigenvalue weighted by Crippen LogP contribution is 2.43. The zero-order chi connectivity index (χ0) is 21.0. The number of nitrogens with zero attached hydrogens (tertiary/aromatic N) is 1. The Morgan fingerprint density at radius 3 is 2.66 bits per heavy atom. The van der Waals surface area contributed by atoms with Crippen LogP contribution in [0.1, 0.15) is 38.0 Å². The molecule has 0 saturated carbocycles. The Bertz CT molecular complexity index is 838. The number of rotatable bonds is 6. The molecule has 1 aliphatic rings. The number of anilines is 1. The van der Waals surface area contributed by atoms with Gasteiger partial charge in [0.05, 0.1) is 0 Å². The van der Waals surface area contributed by atoms with Crippen LogP contribution in [-0.4, -0.2) is 43.0 Å². The van der Waals surface area contributed by atoms with Crippen LogP contribution in [0.3, 0.4) is 0 Å². The predicted octanol–water partition coefficient (Wildman–Crippen LogP) is 3.68. The molecule has 2 atom stereocenters. The molecular weight excluding hydrogens is 368 g/mol. The van der Waals surface area contributed by atoms with Crippen molar-refractivity contribution in [3.8, 4) is 5.75 Å². The Kier molecular flexibility index (Phi) is 6.33. The minimum Gasteiger partial charge on any atom is -0.484 e. The van der Waals surface area contributed by atoms with Crippen LogP contribution in [0, 0.1) is 0 Å². The zero-order valence-electron chi connectivity index (χ0n) is 17.5. The predicted molar refractivity (Wildman–Crippen MR) is 113 cm³/mol. The Morgan fingerprint density at radius 1 is 1.24 bits per heavy atom. The fraction of sp³-hybridized carbons (Fsp3) is 0.435. The summed E-state index contributed by atoms with van der Waals surface area (Å²) in [7, 11) is 2.00. The second-order valence-electron chi connectivity index (χ2n) is 7.87. The van der Waals surface area contributed by atoms with Gasteiger partial charge in [-0.2, -0.15) is 0 Å². The summed E-state index contributed by atoms with van der Waals surface area (Å²) >= 11 is 0. The molecular formula is C23H30N2O4. The molecule has 0 aromatic heterocycles. The van der Waals surface area contributed by atoms with Crippen LogP contribution in [-0.2, 0) is 11.2 Å². The van der Waals surface area contributed by atoms with Crippen molar-refractivity contribution in [1.29, 1.82) is 0 Å². The van der Waals surface area contributed by atoms with Gasteiger partial charge in [-0.05, 0) is 44.9 Å². The van der Waals surface area contributed by atoms with E-state index in [2.05, 4.69) is 17.1 Å². The minimum atomic E-state index is -0.982. The molecule has 2 N–H and O–H groups in total. The van der Waals surface area contributed by atoms with Gasteiger partial charge in [-0.25, -0.2) is 4.79 Å². The molecule has 0 radical (unpaired) electrons. The maximum atomic E-state index is 12.4. The van der Waals surface area contributed by atoms with E-state index in [1.54, 1.807) is 13.8 Å². The number of carbonyl (C=O) groups is 1. The molecule has 29 heavy (non-hydrogen) atoms. The minimum absolute atomic E-state index is 0.457. The van der Waals surface area contributed by atoms with E-state index in [0.29, 0.717) is 24.3 Å². The van der Waals surface area contributed by atoms with Gasteiger partial charge < -0.3 is 24.8 Å². The SMILES string of the molecule is CCN(C)c1ccc2c(c1)OC(C)(C)[C@H](O)[C@H]2OC(=O)NCCc1ccccc1. The van der Waals surface area contributed by atoms with Crippen molar-refractivity contribution in [2.24, 2.45) is 0 Å². The van der Waals surface area contributed by atoms with E-state index in [1.165, 1.54) is 0 Å². The lowest BCUT2D eigenvalue weighted by atomic mass is 9.88. The summed E-state index contributed by atoms with van der Waals surface area (Å²) in [5.41, 5.74) is 1.93. The number of nitrogens with one attached hydrogen (secondary N) is 1. The summed E-state index contributed by atoms with van der Waals surface area (Å²) in [6.07, 6.45) is -1.62. The van der Waals surface area contributed by atoms with Gasteiger partial charge in [0.2, 0.25) is 0 Å². The summed E-state index contributed by atoms with van der Waals surface area (Å²) < 4.78 is 11.7. The van der Waals surface area contributed by atoms with Gasteiger partial charge in [0.15, 0.2) is 6.10 Å². The number of aliphatic hydroxyl groups is 1. The largest absolute Gasteiger partial charge is 0.484 e. The van der Waals surface area contributed by atoms with Crippen LogP contribution in [0.4, 0.5) is 10.5 Å². The highest BCUT2D eigenvalue weighted by molar-refractivity contribution is 5.68. The van der Waals surface area contributed by atoms with E-state index in [9.17, 15) is 9.90 Å². The maximum Gasteiger partial charge on any atom is 0.407 e. The number of fused-ring (bicyclic) bond motifs is 1. The highest BCUT2D eigenvalue weighted by Gasteiger charge is 2.45. The molecule has 1 heterocycles. The average Bonchev–Trinajstić information content (AvgIpc) is 2.71. The van der Waals surface area contributed by atoms with Crippen LogP contribution in [0.15, 0.2) is 48.5 Å². The van der Waals surface area contributed by atoms with Crippen molar-refractivity contribution < 1.29 is 19.4 Å². The fourth-order valence-electron chi connectivity index (χ4n) is 3.38. The smallest absolute Gasteiger partial charge is 0.407 e. The molecule has 0 spiro atoms. The van der Waals surface area contributed by atoms with Crippen molar-refractivity contribution in [1.82, 2.24) is 5.32 Å². The van der Waals surface area contributed by atoms with E-state index < -0.39 is 23.9 Å². The van der Waals surface area contributed by atoms with Crippen molar-refractivity contribution in [3.63, 3.8) is 0 Å². The van der Waals surface area contributed by atoms with E-state index in [4.69, 9.17) is 9.47 Å². The molecule has 2 aromatic rings. The quantitative estimate of drug-likeness (QED) is 0.777. The van der Waals surface area contributed by atoms with Gasteiger partial charge in [-0.15, -0.1) is 0 Å². The number of hydrogen-bond acceptors (Lipinski definition) is 5. The first-order valence-corrected chi connectivity index (χ1v) is 10.0. The average molecular weight is 399 g/mol. The molecule has 6 nitrogen and oxygen atoms in total. The Morgan fingerprint density at radius 2 is 1.97 bits per heavy atom. The lowest BCUT2D eigenvalue weighted by Crippen LogP contribution is -2.50.